The number of carbonyl (C=O) groups excluding carboxylic acids is 2. The Morgan fingerprint density at radius 3 is 2.80 bits per heavy atom. The molecule has 156 valence electrons. The summed E-state index contributed by atoms with van der Waals surface area (Å²) in [6.07, 6.45) is 2.45. The number of rotatable bonds is 5. The highest BCUT2D eigenvalue weighted by molar-refractivity contribution is 7.13. The Kier molecular flexibility index (Phi) is 4.89. The monoisotopic (exact) mass is 426 g/mol. The molecule has 0 bridgehead atoms. The van der Waals surface area contributed by atoms with Crippen LogP contribution < -0.4 is 5.73 Å². The first-order chi connectivity index (χ1) is 14.2. The smallest absolute Gasteiger partial charge is 0.350 e. The number of nitrogens with zero attached hydrogens (tertiary/aromatic N) is 4. The molecule has 3 heterocycles. The highest BCUT2D eigenvalue weighted by Crippen LogP contribution is 2.43. The molecule has 4 rings (SSSR count). The van der Waals surface area contributed by atoms with Crippen LogP contribution in [0.2, 0.25) is 0 Å². The predicted octanol–water partition coefficient (Wildman–Crippen LogP) is 2.65. The van der Waals surface area contributed by atoms with E-state index in [1.54, 1.807) is 20.0 Å². The van der Waals surface area contributed by atoms with E-state index in [1.165, 1.54) is 11.3 Å². The lowest BCUT2D eigenvalue weighted by molar-refractivity contribution is 0.0531. The Balaban J connectivity index is 1.68. The summed E-state index contributed by atoms with van der Waals surface area (Å²) in [5.41, 5.74) is 9.47. The minimum Gasteiger partial charge on any atom is -0.462 e. The van der Waals surface area contributed by atoms with Crippen LogP contribution >= 0.6 is 11.3 Å². The second-order valence-corrected chi connectivity index (χ2v) is 8.91. The van der Waals surface area contributed by atoms with Crippen LogP contribution in [0, 0.1) is 6.92 Å². The van der Waals surface area contributed by atoms with Gasteiger partial charge in [0.05, 0.1) is 24.4 Å². The van der Waals surface area contributed by atoms with Gasteiger partial charge in [0, 0.05) is 11.8 Å². The van der Waals surface area contributed by atoms with Gasteiger partial charge in [0.25, 0.3) is 0 Å². The number of hydrogen-bond acceptors (Lipinski definition) is 9. The van der Waals surface area contributed by atoms with E-state index in [-0.39, 0.29) is 30.2 Å². The number of Topliss-reactive ketones (excluding diaryl/α,β-unsaturated/α-hetero) is 1. The van der Waals surface area contributed by atoms with Gasteiger partial charge in [-0.15, -0.1) is 11.3 Å². The Morgan fingerprint density at radius 2 is 2.07 bits per heavy atom. The molecule has 1 aliphatic carbocycles. The topological polar surface area (TPSA) is 137 Å². The highest BCUT2D eigenvalue weighted by Gasteiger charge is 2.38. The third-order valence-corrected chi connectivity index (χ3v) is 6.21. The van der Waals surface area contributed by atoms with Gasteiger partial charge < -0.3 is 10.5 Å². The van der Waals surface area contributed by atoms with Gasteiger partial charge in [-0.1, -0.05) is 13.8 Å². The Morgan fingerprint density at radius 1 is 1.30 bits per heavy atom. The molecular weight excluding hydrogens is 404 g/mol. The molecule has 30 heavy (non-hydrogen) atoms. The second kappa shape index (κ2) is 7.28. The molecule has 0 aromatic carbocycles. The van der Waals surface area contributed by atoms with Crippen molar-refractivity contribution in [3.8, 4) is 11.4 Å². The minimum absolute atomic E-state index is 0.0639. The molecule has 9 nitrogen and oxygen atoms in total. The number of esters is 1. The van der Waals surface area contributed by atoms with E-state index in [4.69, 9.17) is 10.5 Å². The third kappa shape index (κ3) is 3.36. The number of nitrogen functional groups attached to an aromatic ring is 1. The summed E-state index contributed by atoms with van der Waals surface area (Å²) in [5, 5.41) is 7.85. The largest absolute Gasteiger partial charge is 0.462 e. The van der Waals surface area contributed by atoms with Gasteiger partial charge in [-0.2, -0.15) is 5.10 Å². The van der Waals surface area contributed by atoms with Crippen LogP contribution in [0.4, 0.5) is 5.95 Å². The fourth-order valence-electron chi connectivity index (χ4n) is 3.83. The van der Waals surface area contributed by atoms with E-state index in [2.05, 4.69) is 39.0 Å². The van der Waals surface area contributed by atoms with Gasteiger partial charge in [-0.25, -0.2) is 19.7 Å². The number of hydrogen-bond donors (Lipinski definition) is 2. The van der Waals surface area contributed by atoms with Crippen molar-refractivity contribution >= 4 is 29.0 Å². The number of aryl methyl sites for hydroxylation is 1. The third-order valence-electron chi connectivity index (χ3n) is 5.08. The first-order valence-corrected chi connectivity index (χ1v) is 10.4. The molecule has 0 unspecified atom stereocenters. The number of nitrogens with two attached hydrogens (primary N) is 1. The summed E-state index contributed by atoms with van der Waals surface area (Å²) in [6, 6.07) is 0. The van der Waals surface area contributed by atoms with E-state index in [0.717, 1.165) is 11.1 Å². The summed E-state index contributed by atoms with van der Waals surface area (Å²) in [7, 11) is 0. The number of nitrogens with one attached hydrogen (secondary N) is 1. The van der Waals surface area contributed by atoms with Crippen LogP contribution in [0.25, 0.3) is 11.4 Å². The van der Waals surface area contributed by atoms with E-state index in [9.17, 15) is 9.59 Å². The summed E-state index contributed by atoms with van der Waals surface area (Å²) in [5.74, 6) is -0.397. The summed E-state index contributed by atoms with van der Waals surface area (Å²) < 4.78 is 5.05. The van der Waals surface area contributed by atoms with Crippen LogP contribution in [-0.2, 0) is 23.0 Å². The fraction of sp³-hybridized carbons (Fsp3) is 0.400. The van der Waals surface area contributed by atoms with E-state index < -0.39 is 5.97 Å². The number of ether oxygens (including phenoxy) is 1. The Labute approximate surface area is 177 Å². The van der Waals surface area contributed by atoms with Gasteiger partial charge in [0.1, 0.15) is 21.3 Å². The summed E-state index contributed by atoms with van der Waals surface area (Å²) in [6.45, 7) is 7.89. The van der Waals surface area contributed by atoms with E-state index >= 15 is 0 Å². The molecule has 1 aliphatic rings. The molecule has 0 amide bonds. The van der Waals surface area contributed by atoms with Crippen LogP contribution in [0.15, 0.2) is 6.20 Å². The maximum Gasteiger partial charge on any atom is 0.350 e. The highest BCUT2D eigenvalue weighted by atomic mass is 32.1. The number of aromatic nitrogens is 5. The van der Waals surface area contributed by atoms with Crippen molar-refractivity contribution in [2.45, 2.75) is 46.0 Å². The number of thiazole rings is 1. The summed E-state index contributed by atoms with van der Waals surface area (Å²) >= 11 is 1.18. The van der Waals surface area contributed by atoms with Crippen molar-refractivity contribution in [3.63, 3.8) is 0 Å². The maximum atomic E-state index is 13.2. The molecular formula is C20H22N6O3S. The number of carbonyl (C=O) groups is 2. The molecule has 3 aromatic rings. The Bertz CT molecular complexity index is 1160. The first kappa shape index (κ1) is 20.1. The van der Waals surface area contributed by atoms with Crippen molar-refractivity contribution < 1.29 is 14.3 Å². The van der Waals surface area contributed by atoms with Crippen molar-refractivity contribution in [1.82, 2.24) is 25.1 Å². The number of fused-ring (bicyclic) bond motifs is 3. The average Bonchev–Trinajstić information content (AvgIpc) is 3.27. The molecule has 10 heteroatoms. The number of H-pyrrole nitrogens is 1. The maximum absolute atomic E-state index is 13.2. The zero-order chi connectivity index (χ0) is 21.6. The predicted molar refractivity (Wildman–Crippen MR) is 112 cm³/mol. The number of ketones is 1. The van der Waals surface area contributed by atoms with Crippen LogP contribution in [-0.4, -0.2) is 43.5 Å². The van der Waals surface area contributed by atoms with Crippen LogP contribution in [0.5, 0.6) is 0 Å². The van der Waals surface area contributed by atoms with Crippen molar-refractivity contribution in [3.05, 3.63) is 38.6 Å². The lowest BCUT2D eigenvalue weighted by Crippen LogP contribution is -2.28. The van der Waals surface area contributed by atoms with Gasteiger partial charge in [-0.05, 0) is 31.2 Å². The zero-order valence-electron chi connectivity index (χ0n) is 17.2. The van der Waals surface area contributed by atoms with Crippen LogP contribution in [0.3, 0.4) is 0 Å². The average molecular weight is 427 g/mol. The van der Waals surface area contributed by atoms with Crippen LogP contribution in [0.1, 0.15) is 62.8 Å². The molecule has 0 atom stereocenters. The van der Waals surface area contributed by atoms with Crippen molar-refractivity contribution in [1.29, 1.82) is 0 Å². The molecule has 0 saturated carbocycles. The van der Waals surface area contributed by atoms with E-state index in [0.29, 0.717) is 39.1 Å². The van der Waals surface area contributed by atoms with Crippen molar-refractivity contribution in [2.75, 3.05) is 12.3 Å². The lowest BCUT2D eigenvalue weighted by atomic mass is 9.73. The molecule has 0 aliphatic heterocycles. The van der Waals surface area contributed by atoms with Gasteiger partial charge in [0.15, 0.2) is 5.78 Å². The lowest BCUT2D eigenvalue weighted by Gasteiger charge is -2.30. The molecule has 3 N–H and O–H groups in total. The summed E-state index contributed by atoms with van der Waals surface area (Å²) in [4.78, 5) is 38.4. The normalized spacial score (nSPS) is 14.1. The van der Waals surface area contributed by atoms with Gasteiger partial charge in [0.2, 0.25) is 5.95 Å². The molecule has 0 saturated heterocycles. The first-order valence-electron chi connectivity index (χ1n) is 9.58. The van der Waals surface area contributed by atoms with Gasteiger partial charge in [-0.3, -0.25) is 9.89 Å². The minimum atomic E-state index is -0.417. The zero-order valence-corrected chi connectivity index (χ0v) is 18.0. The Hall–Kier alpha value is -3.14. The molecule has 0 radical (unpaired) electrons. The second-order valence-electron chi connectivity index (χ2n) is 7.83. The number of anilines is 1. The SMILES string of the molecule is CCOC(=O)c1sc(CC(=O)c2[nH]nc3c2C(C)(C)Cc2cnc(N)nc2-3)nc1C. The van der Waals surface area contributed by atoms with E-state index in [1.807, 2.05) is 0 Å². The fourth-order valence-corrected chi connectivity index (χ4v) is 4.79. The molecule has 0 spiro atoms. The molecule has 0 fully saturated rings. The van der Waals surface area contributed by atoms with Gasteiger partial charge >= 0.3 is 5.97 Å². The number of aromatic amines is 1. The molecule has 3 aromatic heterocycles. The standard InChI is InChI=1S/C20H22N6O3S/c1-5-29-18(28)17-9(2)23-12(30-17)6-11(27)15-13-16(26-25-15)14-10(7-20(13,3)4)8-22-19(21)24-14/h8H,5-7H2,1-4H3,(H,25,26)(H2,21,22,24). The van der Waals surface area contributed by atoms with Crippen molar-refractivity contribution in [2.24, 2.45) is 0 Å². The quantitative estimate of drug-likeness (QED) is 0.469.